The van der Waals surface area contributed by atoms with Gasteiger partial charge in [-0.2, -0.15) is 0 Å². The van der Waals surface area contributed by atoms with Crippen LogP contribution in [-0.2, 0) is 5.41 Å². The normalized spacial score (nSPS) is 12.2. The van der Waals surface area contributed by atoms with Crippen LogP contribution in [0, 0.1) is 15.9 Å². The molecule has 0 saturated carbocycles. The maximum atomic E-state index is 13.6. The molecule has 0 spiro atoms. The highest BCUT2D eigenvalue weighted by atomic mass is 19.1. The fourth-order valence-corrected chi connectivity index (χ4v) is 2.38. The second-order valence-electron chi connectivity index (χ2n) is 6.59. The van der Waals surface area contributed by atoms with Crippen LogP contribution in [0.5, 0.6) is 0 Å². The van der Waals surface area contributed by atoms with E-state index in [0.717, 1.165) is 0 Å². The Balaban J connectivity index is 2.12. The van der Waals surface area contributed by atoms with Gasteiger partial charge in [0.2, 0.25) is 0 Å². The highest BCUT2D eigenvalue weighted by Crippen LogP contribution is 2.33. The van der Waals surface area contributed by atoms with E-state index >= 15 is 0 Å². The molecule has 0 amide bonds. The molecule has 3 aromatic rings. The Morgan fingerprint density at radius 3 is 2.64 bits per heavy atom. The lowest BCUT2D eigenvalue weighted by atomic mass is 9.92. The summed E-state index contributed by atoms with van der Waals surface area (Å²) >= 11 is 0. The van der Waals surface area contributed by atoms with Crippen LogP contribution in [0.1, 0.15) is 26.5 Å². The molecule has 0 aliphatic carbocycles. The van der Waals surface area contributed by atoms with Gasteiger partial charge >= 0.3 is 0 Å². The first-order chi connectivity index (χ1) is 11.8. The van der Waals surface area contributed by atoms with Gasteiger partial charge in [-0.15, -0.1) is 10.2 Å². The molecule has 0 aliphatic heterocycles. The summed E-state index contributed by atoms with van der Waals surface area (Å²) in [4.78, 5) is 14.9. The van der Waals surface area contributed by atoms with Crippen molar-refractivity contribution in [2.45, 2.75) is 26.2 Å². The third kappa shape index (κ3) is 3.37. The average Bonchev–Trinajstić information content (AvgIpc) is 2.91. The molecule has 0 atom stereocenters. The number of benzene rings is 1. The average molecular weight is 341 g/mol. The fourth-order valence-electron chi connectivity index (χ4n) is 2.38. The van der Waals surface area contributed by atoms with Crippen molar-refractivity contribution >= 4 is 22.8 Å². The number of fused-ring (bicyclic) bond motifs is 1. The highest BCUT2D eigenvalue weighted by molar-refractivity contribution is 5.54. The number of imidazole rings is 1. The highest BCUT2D eigenvalue weighted by Gasteiger charge is 2.24. The van der Waals surface area contributed by atoms with E-state index in [-0.39, 0.29) is 11.1 Å². The molecule has 0 N–H and O–H groups in total. The second-order valence-corrected chi connectivity index (χ2v) is 6.59. The number of nitrogens with zero attached hydrogens (tertiary/aromatic N) is 5. The number of hydrogen-bond acceptors (Lipinski definition) is 5. The second kappa shape index (κ2) is 6.04. The van der Waals surface area contributed by atoms with Crippen LogP contribution in [0.15, 0.2) is 52.8 Å². The van der Waals surface area contributed by atoms with E-state index in [0.29, 0.717) is 22.8 Å². The number of aromatic nitrogens is 2. The molecule has 0 fully saturated rings. The molecule has 1 aromatic carbocycles. The Morgan fingerprint density at radius 2 is 1.96 bits per heavy atom. The quantitative estimate of drug-likeness (QED) is 0.377. The van der Waals surface area contributed by atoms with E-state index in [4.69, 9.17) is 0 Å². The van der Waals surface area contributed by atoms with Crippen molar-refractivity contribution < 1.29 is 9.31 Å². The van der Waals surface area contributed by atoms with Crippen LogP contribution in [0.4, 0.5) is 21.6 Å². The van der Waals surface area contributed by atoms with Crippen LogP contribution in [0.25, 0.3) is 5.65 Å². The van der Waals surface area contributed by atoms with Gasteiger partial charge in [0, 0.05) is 23.7 Å². The number of nitro benzene ring substituents is 1. The van der Waals surface area contributed by atoms with Crippen LogP contribution >= 0.6 is 0 Å². The molecule has 8 heteroatoms. The molecule has 0 radical (unpaired) electrons. The largest absolute Gasteiger partial charge is 0.280 e. The predicted molar refractivity (Wildman–Crippen MR) is 91.1 cm³/mol. The zero-order chi connectivity index (χ0) is 18.2. The molecule has 2 aromatic heterocycles. The standard InChI is InChI=1S/C17H16FN5O2/c1-17(2,3)15-16(22-10-11(18)7-8-14(22)19-15)21-20-12-5-4-6-13(9-12)23(24)25/h4-10H,1-3H3. The van der Waals surface area contributed by atoms with Gasteiger partial charge in [-0.3, -0.25) is 14.5 Å². The number of hydrogen-bond donors (Lipinski definition) is 0. The minimum atomic E-state index is -0.497. The summed E-state index contributed by atoms with van der Waals surface area (Å²) in [5.74, 6) is -0.0225. The Kier molecular flexibility index (Phi) is 4.03. The lowest BCUT2D eigenvalue weighted by Crippen LogP contribution is -2.11. The van der Waals surface area contributed by atoms with Crippen LogP contribution in [-0.4, -0.2) is 14.3 Å². The third-order valence-electron chi connectivity index (χ3n) is 3.57. The molecular weight excluding hydrogens is 325 g/mol. The number of halogens is 1. The summed E-state index contributed by atoms with van der Waals surface area (Å²) in [7, 11) is 0. The minimum Gasteiger partial charge on any atom is -0.280 e. The van der Waals surface area contributed by atoms with Gasteiger partial charge in [-0.05, 0) is 18.2 Å². The molecule has 25 heavy (non-hydrogen) atoms. The molecule has 0 unspecified atom stereocenters. The molecule has 128 valence electrons. The number of pyridine rings is 1. The Hall–Kier alpha value is -3.16. The van der Waals surface area contributed by atoms with Crippen molar-refractivity contribution in [1.29, 1.82) is 0 Å². The lowest BCUT2D eigenvalue weighted by molar-refractivity contribution is -0.384. The Labute approximate surface area is 143 Å². The van der Waals surface area contributed by atoms with Crippen molar-refractivity contribution in [3.63, 3.8) is 0 Å². The summed E-state index contributed by atoms with van der Waals surface area (Å²) in [6.07, 6.45) is 1.29. The maximum Gasteiger partial charge on any atom is 0.271 e. The number of azo groups is 1. The van der Waals surface area contributed by atoms with Crippen molar-refractivity contribution in [2.75, 3.05) is 0 Å². The monoisotopic (exact) mass is 341 g/mol. The first-order valence-electron chi connectivity index (χ1n) is 7.60. The Morgan fingerprint density at radius 1 is 1.20 bits per heavy atom. The first-order valence-corrected chi connectivity index (χ1v) is 7.60. The van der Waals surface area contributed by atoms with Gasteiger partial charge in [-0.1, -0.05) is 26.8 Å². The van der Waals surface area contributed by atoms with Crippen LogP contribution in [0.2, 0.25) is 0 Å². The number of rotatable bonds is 3. The maximum absolute atomic E-state index is 13.6. The van der Waals surface area contributed by atoms with E-state index in [1.54, 1.807) is 12.1 Å². The van der Waals surface area contributed by atoms with Gasteiger partial charge in [0.1, 0.15) is 11.5 Å². The third-order valence-corrected chi connectivity index (χ3v) is 3.57. The zero-order valence-corrected chi connectivity index (χ0v) is 14.0. The van der Waals surface area contributed by atoms with Crippen molar-refractivity contribution in [2.24, 2.45) is 10.2 Å². The predicted octanol–water partition coefficient (Wildman–Crippen LogP) is 5.09. The van der Waals surface area contributed by atoms with Gasteiger partial charge in [0.05, 0.1) is 16.3 Å². The molecule has 3 rings (SSSR count). The summed E-state index contributed by atoms with van der Waals surface area (Å²) in [6.45, 7) is 5.91. The summed E-state index contributed by atoms with van der Waals surface area (Å²) in [5.41, 5.74) is 1.14. The zero-order valence-electron chi connectivity index (χ0n) is 14.0. The van der Waals surface area contributed by atoms with Crippen molar-refractivity contribution in [3.05, 3.63) is 64.2 Å². The van der Waals surface area contributed by atoms with E-state index < -0.39 is 10.7 Å². The van der Waals surface area contributed by atoms with Gasteiger partial charge in [0.25, 0.3) is 5.69 Å². The topological polar surface area (TPSA) is 85.2 Å². The number of non-ortho nitro benzene ring substituents is 1. The molecule has 0 bridgehead atoms. The molecule has 0 aliphatic rings. The molecule has 7 nitrogen and oxygen atoms in total. The van der Waals surface area contributed by atoms with Gasteiger partial charge in [-0.25, -0.2) is 9.37 Å². The van der Waals surface area contributed by atoms with Gasteiger partial charge < -0.3 is 0 Å². The lowest BCUT2D eigenvalue weighted by Gasteiger charge is -2.15. The smallest absolute Gasteiger partial charge is 0.271 e. The SMILES string of the molecule is CC(C)(C)c1nc2ccc(F)cn2c1N=Nc1cccc([N+](=O)[O-])c1. The van der Waals surface area contributed by atoms with E-state index in [9.17, 15) is 14.5 Å². The molecular formula is C17H16FN5O2. The van der Waals surface area contributed by atoms with E-state index in [1.807, 2.05) is 20.8 Å². The number of nitro groups is 1. The van der Waals surface area contributed by atoms with Gasteiger partial charge in [0.15, 0.2) is 5.82 Å². The Bertz CT molecular complexity index is 988. The van der Waals surface area contributed by atoms with Crippen LogP contribution < -0.4 is 0 Å². The van der Waals surface area contributed by atoms with E-state index in [2.05, 4.69) is 15.2 Å². The summed E-state index contributed by atoms with van der Waals surface area (Å²) < 4.78 is 15.2. The fraction of sp³-hybridized carbons (Fsp3) is 0.235. The summed E-state index contributed by atoms with van der Waals surface area (Å²) in [5, 5.41) is 19.2. The van der Waals surface area contributed by atoms with E-state index in [1.165, 1.54) is 34.9 Å². The van der Waals surface area contributed by atoms with Crippen molar-refractivity contribution in [1.82, 2.24) is 9.38 Å². The molecule has 2 heterocycles. The first kappa shape index (κ1) is 16.7. The summed E-state index contributed by atoms with van der Waals surface area (Å²) in [6, 6.07) is 8.74. The molecule has 0 saturated heterocycles. The van der Waals surface area contributed by atoms with Crippen molar-refractivity contribution in [3.8, 4) is 0 Å². The van der Waals surface area contributed by atoms with Crippen LogP contribution in [0.3, 0.4) is 0 Å². The minimum absolute atomic E-state index is 0.0725.